The van der Waals surface area contributed by atoms with E-state index in [9.17, 15) is 0 Å². The Balaban J connectivity index is 2.02. The SMILES string of the molecule is CCOC1(c2ncc(CNCC(C)C)[nH]2)CCC(C)CC1. The normalized spacial score (nSPS) is 26.4. The van der Waals surface area contributed by atoms with Gasteiger partial charge in [0.25, 0.3) is 0 Å². The van der Waals surface area contributed by atoms with Crippen molar-refractivity contribution in [2.75, 3.05) is 13.2 Å². The Kier molecular flexibility index (Phi) is 5.82. The predicted octanol–water partition coefficient (Wildman–Crippen LogP) is 3.60. The Morgan fingerprint density at radius 2 is 2.14 bits per heavy atom. The van der Waals surface area contributed by atoms with E-state index < -0.39 is 0 Å². The third-order valence-electron chi connectivity index (χ3n) is 4.43. The summed E-state index contributed by atoms with van der Waals surface area (Å²) in [6.45, 7) is 11.5. The molecule has 2 rings (SSSR count). The number of nitrogens with one attached hydrogen (secondary N) is 2. The van der Waals surface area contributed by atoms with Gasteiger partial charge >= 0.3 is 0 Å². The molecule has 0 atom stereocenters. The zero-order valence-electron chi connectivity index (χ0n) is 14.0. The molecule has 0 bridgehead atoms. The van der Waals surface area contributed by atoms with Crippen LogP contribution in [0.4, 0.5) is 0 Å². The van der Waals surface area contributed by atoms with Crippen LogP contribution in [0.2, 0.25) is 0 Å². The van der Waals surface area contributed by atoms with Crippen molar-refractivity contribution < 1.29 is 4.74 Å². The summed E-state index contributed by atoms with van der Waals surface area (Å²) in [6, 6.07) is 0. The van der Waals surface area contributed by atoms with Crippen molar-refractivity contribution in [2.24, 2.45) is 11.8 Å². The number of rotatable bonds is 7. The number of nitrogens with zero attached hydrogens (tertiary/aromatic N) is 1. The Hall–Kier alpha value is -0.870. The fourth-order valence-corrected chi connectivity index (χ4v) is 3.13. The zero-order chi connectivity index (χ0) is 15.3. The van der Waals surface area contributed by atoms with Gasteiger partial charge in [-0.1, -0.05) is 20.8 Å². The van der Waals surface area contributed by atoms with E-state index >= 15 is 0 Å². The molecular formula is C17H31N3O. The van der Waals surface area contributed by atoms with Crippen molar-refractivity contribution >= 4 is 0 Å². The Bertz CT molecular complexity index is 419. The summed E-state index contributed by atoms with van der Waals surface area (Å²) >= 11 is 0. The number of hydrogen-bond donors (Lipinski definition) is 2. The highest BCUT2D eigenvalue weighted by molar-refractivity contribution is 5.10. The standard InChI is InChI=1S/C17H31N3O/c1-5-21-17(8-6-14(4)7-9-17)16-19-12-15(20-16)11-18-10-13(2)3/h12-14,18H,5-11H2,1-4H3,(H,19,20). The second-order valence-corrected chi connectivity index (χ2v) is 6.89. The highest BCUT2D eigenvalue weighted by Crippen LogP contribution is 2.41. The van der Waals surface area contributed by atoms with Crippen molar-refractivity contribution in [1.82, 2.24) is 15.3 Å². The lowest BCUT2D eigenvalue weighted by atomic mass is 9.79. The Morgan fingerprint density at radius 3 is 2.76 bits per heavy atom. The van der Waals surface area contributed by atoms with E-state index in [1.54, 1.807) is 0 Å². The molecule has 4 heteroatoms. The van der Waals surface area contributed by atoms with E-state index in [1.165, 1.54) is 12.8 Å². The highest BCUT2D eigenvalue weighted by atomic mass is 16.5. The lowest BCUT2D eigenvalue weighted by Crippen LogP contribution is -2.35. The molecule has 0 radical (unpaired) electrons. The van der Waals surface area contributed by atoms with Gasteiger partial charge in [0.2, 0.25) is 0 Å². The van der Waals surface area contributed by atoms with Gasteiger partial charge in [0.05, 0.1) is 0 Å². The molecule has 1 aromatic rings. The molecular weight excluding hydrogens is 262 g/mol. The lowest BCUT2D eigenvalue weighted by Gasteiger charge is -2.37. The minimum absolute atomic E-state index is 0.183. The average molecular weight is 293 g/mol. The summed E-state index contributed by atoms with van der Waals surface area (Å²) < 4.78 is 6.15. The molecule has 0 spiro atoms. The predicted molar refractivity (Wildman–Crippen MR) is 86.1 cm³/mol. The van der Waals surface area contributed by atoms with Gasteiger partial charge in [-0.3, -0.25) is 0 Å². The maximum absolute atomic E-state index is 6.15. The molecule has 0 amide bonds. The summed E-state index contributed by atoms with van der Waals surface area (Å²) in [5.74, 6) is 2.50. The summed E-state index contributed by atoms with van der Waals surface area (Å²) in [5.41, 5.74) is 0.973. The molecule has 0 saturated heterocycles. The molecule has 1 aliphatic rings. The molecule has 4 nitrogen and oxygen atoms in total. The van der Waals surface area contributed by atoms with E-state index in [0.717, 1.165) is 50.0 Å². The molecule has 1 aromatic heterocycles. The molecule has 21 heavy (non-hydrogen) atoms. The Labute approximate surface area is 129 Å². The van der Waals surface area contributed by atoms with Crippen molar-refractivity contribution in [3.63, 3.8) is 0 Å². The van der Waals surface area contributed by atoms with Crippen LogP contribution in [0.1, 0.15) is 64.9 Å². The highest BCUT2D eigenvalue weighted by Gasteiger charge is 2.39. The Morgan fingerprint density at radius 1 is 1.43 bits per heavy atom. The number of aromatic nitrogens is 2. The van der Waals surface area contributed by atoms with Crippen molar-refractivity contribution in [3.8, 4) is 0 Å². The first-order valence-electron chi connectivity index (χ1n) is 8.44. The molecule has 2 N–H and O–H groups in total. The minimum atomic E-state index is -0.183. The third-order valence-corrected chi connectivity index (χ3v) is 4.43. The number of ether oxygens (including phenoxy) is 1. The number of imidazole rings is 1. The van der Waals surface area contributed by atoms with Gasteiger partial charge in [-0.2, -0.15) is 0 Å². The van der Waals surface area contributed by atoms with Crippen LogP contribution in [0.5, 0.6) is 0 Å². The van der Waals surface area contributed by atoms with Gasteiger partial charge in [0, 0.05) is 25.0 Å². The molecule has 1 fully saturated rings. The summed E-state index contributed by atoms with van der Waals surface area (Å²) in [4.78, 5) is 8.13. The average Bonchev–Trinajstić information content (AvgIpc) is 2.91. The van der Waals surface area contributed by atoms with Gasteiger partial charge in [0.1, 0.15) is 11.4 Å². The van der Waals surface area contributed by atoms with Crippen LogP contribution in [0.25, 0.3) is 0 Å². The summed E-state index contributed by atoms with van der Waals surface area (Å²) in [7, 11) is 0. The quantitative estimate of drug-likeness (QED) is 0.807. The maximum Gasteiger partial charge on any atom is 0.138 e. The topological polar surface area (TPSA) is 49.9 Å². The van der Waals surface area contributed by atoms with Crippen LogP contribution < -0.4 is 5.32 Å². The van der Waals surface area contributed by atoms with Crippen LogP contribution >= 0.6 is 0 Å². The van der Waals surface area contributed by atoms with E-state index in [-0.39, 0.29) is 5.60 Å². The molecule has 0 aliphatic heterocycles. The van der Waals surface area contributed by atoms with Crippen molar-refractivity contribution in [1.29, 1.82) is 0 Å². The van der Waals surface area contributed by atoms with Crippen LogP contribution in [0.15, 0.2) is 6.20 Å². The molecule has 0 unspecified atom stereocenters. The van der Waals surface area contributed by atoms with E-state index in [1.807, 2.05) is 6.20 Å². The van der Waals surface area contributed by atoms with Gasteiger partial charge in [0.15, 0.2) is 0 Å². The first-order valence-corrected chi connectivity index (χ1v) is 8.44. The monoisotopic (exact) mass is 293 g/mol. The van der Waals surface area contributed by atoms with Gasteiger partial charge < -0.3 is 15.0 Å². The van der Waals surface area contributed by atoms with Crippen molar-refractivity contribution in [2.45, 2.75) is 65.5 Å². The molecule has 0 aromatic carbocycles. The number of aromatic amines is 1. The molecule has 1 heterocycles. The first-order chi connectivity index (χ1) is 10.1. The fraction of sp³-hybridized carbons (Fsp3) is 0.824. The second-order valence-electron chi connectivity index (χ2n) is 6.89. The lowest BCUT2D eigenvalue weighted by molar-refractivity contribution is -0.0832. The van der Waals surface area contributed by atoms with Crippen molar-refractivity contribution in [3.05, 3.63) is 17.7 Å². The maximum atomic E-state index is 6.15. The first kappa shape index (κ1) is 16.5. The number of hydrogen-bond acceptors (Lipinski definition) is 3. The van der Waals surface area contributed by atoms with Crippen LogP contribution in [-0.4, -0.2) is 23.1 Å². The van der Waals surface area contributed by atoms with Gasteiger partial charge in [-0.25, -0.2) is 4.98 Å². The summed E-state index contributed by atoms with van der Waals surface area (Å²) in [6.07, 6.45) is 6.56. The third kappa shape index (κ3) is 4.30. The molecule has 120 valence electrons. The van der Waals surface area contributed by atoms with E-state index in [2.05, 4.69) is 43.0 Å². The van der Waals surface area contributed by atoms with Crippen LogP contribution in [0, 0.1) is 11.8 Å². The van der Waals surface area contributed by atoms with Crippen LogP contribution in [0.3, 0.4) is 0 Å². The van der Waals surface area contributed by atoms with Crippen LogP contribution in [-0.2, 0) is 16.9 Å². The summed E-state index contributed by atoms with van der Waals surface area (Å²) in [5, 5.41) is 3.46. The van der Waals surface area contributed by atoms with E-state index in [0.29, 0.717) is 5.92 Å². The number of H-pyrrole nitrogens is 1. The smallest absolute Gasteiger partial charge is 0.138 e. The zero-order valence-corrected chi connectivity index (χ0v) is 14.0. The van der Waals surface area contributed by atoms with Gasteiger partial charge in [-0.05, 0) is 51.0 Å². The minimum Gasteiger partial charge on any atom is -0.367 e. The fourth-order valence-electron chi connectivity index (χ4n) is 3.13. The van der Waals surface area contributed by atoms with E-state index in [4.69, 9.17) is 4.74 Å². The molecule has 1 saturated carbocycles. The van der Waals surface area contributed by atoms with Gasteiger partial charge in [-0.15, -0.1) is 0 Å². The molecule has 1 aliphatic carbocycles. The largest absolute Gasteiger partial charge is 0.367 e. The second kappa shape index (κ2) is 7.41.